The fraction of sp³-hybridized carbons (Fsp3) is 0.182. The summed E-state index contributed by atoms with van der Waals surface area (Å²) < 4.78 is 73.6. The van der Waals surface area contributed by atoms with Crippen molar-refractivity contribution >= 4 is 87.2 Å². The molecule has 0 saturated carbocycles. The molecule has 108 heavy (non-hydrogen) atoms. The van der Waals surface area contributed by atoms with Crippen molar-refractivity contribution in [3.8, 4) is 91.5 Å². The summed E-state index contributed by atoms with van der Waals surface area (Å²) in [4.78, 5) is 39.0. The monoisotopic (exact) mass is 1430 g/mol. The van der Waals surface area contributed by atoms with E-state index in [1.807, 2.05) is 170 Å². The SMILES string of the molecule is c1ccc2cc(OCCOCCOc3ccc4c(c3)-c3nc-4nc4[nH]c(nc5nc(nc6[nH]c(n3)c3ccc(OCCOCCOc7ccc8ccccc8c7)cc63)-c3ccc(OCCOCCOc6ccc7ccccc7c6)cc3-5)c3ccc(OCCOCCOc5ccc6ccccc6c5)cc43)ccc2c1. The molecule has 20 heteroatoms. The maximum absolute atomic E-state index is 6.39. The first-order valence-electron chi connectivity index (χ1n) is 36.1. The Bertz CT molecular complexity index is 5590. The van der Waals surface area contributed by atoms with Crippen LogP contribution in [0.4, 0.5) is 0 Å². The van der Waals surface area contributed by atoms with Gasteiger partial charge in [-0.1, -0.05) is 121 Å². The Labute approximate surface area is 620 Å². The molecule has 8 bridgehead atoms. The number of ether oxygens (including phenoxy) is 12. The largest absolute Gasteiger partial charge is 0.491 e. The lowest BCUT2D eigenvalue weighted by molar-refractivity contribution is 0.0765. The number of H-pyrrole nitrogens is 2. The second-order valence-corrected chi connectivity index (χ2v) is 25.7. The predicted molar refractivity (Wildman–Crippen MR) is 419 cm³/mol. The topological polar surface area (TPSA) is 220 Å². The number of benzene rings is 12. The Morgan fingerprint density at radius 2 is 0.417 bits per heavy atom. The smallest absolute Gasteiger partial charge is 0.164 e. The van der Waals surface area contributed by atoms with Crippen LogP contribution in [0.5, 0.6) is 46.0 Å². The van der Waals surface area contributed by atoms with Crippen molar-refractivity contribution in [1.82, 2.24) is 39.9 Å². The number of aromatic amines is 2. The molecule has 15 aromatic rings. The van der Waals surface area contributed by atoms with E-state index in [-0.39, 0.29) is 26.4 Å². The standard InChI is InChI=1S/C88H74N8O12/c1-5-13-61-49-65(21-17-57(61)9-1)101-41-33-97-37-45-105-69-25-29-73-77(53-69)85-89-81(73)94-86-79-55-71(107-47-39-99-35-43-103-67-23-19-59-11-3-7-15-63(59)51-67)27-31-75(79)83(91-86)96-88-80-56-72(108-48-40-100-36-44-104-68-24-20-60-12-4-8-16-64(60)52-68)28-32-76(80)84(92-88)95-87-78-54-70(26-30-74(78)82(90-87)93-85)106-46-38-98-34-42-102-66-22-18-58-10-2-6-14-62(58)50-66/h1-32,49-56H,33-48H2,(H2,89,90,91,92,93,94,95,96). The lowest BCUT2D eigenvalue weighted by atomic mass is 10.1. The molecule has 0 spiro atoms. The van der Waals surface area contributed by atoms with Gasteiger partial charge in [0.15, 0.2) is 23.3 Å². The molecule has 2 N–H and O–H groups in total. The first-order chi connectivity index (χ1) is 53.5. The van der Waals surface area contributed by atoms with Crippen molar-refractivity contribution < 1.29 is 56.8 Å². The Morgan fingerprint density at radius 1 is 0.185 bits per heavy atom. The first kappa shape index (κ1) is 68.4. The summed E-state index contributed by atoms with van der Waals surface area (Å²) in [6.45, 7) is 5.50. The average Bonchev–Trinajstić information content (AvgIpc) is 1.60. The molecule has 0 radical (unpaired) electrons. The highest BCUT2D eigenvalue weighted by Gasteiger charge is 2.25. The molecule has 0 aliphatic carbocycles. The minimum absolute atomic E-state index is 0.278. The first-order valence-corrected chi connectivity index (χ1v) is 36.1. The van der Waals surface area contributed by atoms with Crippen molar-refractivity contribution in [3.05, 3.63) is 243 Å². The molecule has 12 aromatic carbocycles. The van der Waals surface area contributed by atoms with Crippen LogP contribution in [0.2, 0.25) is 0 Å². The minimum atomic E-state index is 0.278. The molecule has 0 atom stereocenters. The van der Waals surface area contributed by atoms with E-state index in [4.69, 9.17) is 86.7 Å². The van der Waals surface area contributed by atoms with Crippen molar-refractivity contribution in [2.75, 3.05) is 106 Å². The van der Waals surface area contributed by atoms with Crippen LogP contribution in [-0.2, 0) is 18.9 Å². The number of hydrogen-bond donors (Lipinski definition) is 2. The van der Waals surface area contributed by atoms with Gasteiger partial charge in [-0.25, -0.2) is 29.9 Å². The Balaban J connectivity index is 0.663. The zero-order chi connectivity index (χ0) is 72.2. The zero-order valence-electron chi connectivity index (χ0n) is 59.0. The number of nitrogens with one attached hydrogen (secondary N) is 2. The molecule has 0 fully saturated rings. The van der Waals surface area contributed by atoms with Crippen LogP contribution in [0.3, 0.4) is 0 Å². The van der Waals surface area contributed by atoms with Gasteiger partial charge in [0, 0.05) is 43.8 Å². The molecule has 2 aliphatic rings. The second-order valence-electron chi connectivity index (χ2n) is 25.7. The van der Waals surface area contributed by atoms with Crippen molar-refractivity contribution in [1.29, 1.82) is 0 Å². The highest BCUT2D eigenvalue weighted by molar-refractivity contribution is 6.07. The van der Waals surface area contributed by atoms with E-state index in [0.717, 1.165) is 98.8 Å². The molecule has 0 saturated heterocycles. The Hall–Kier alpha value is -12.7. The molecule has 3 aromatic heterocycles. The maximum Gasteiger partial charge on any atom is 0.164 e. The van der Waals surface area contributed by atoms with Crippen LogP contribution >= 0.6 is 0 Å². The van der Waals surface area contributed by atoms with Crippen molar-refractivity contribution in [2.45, 2.75) is 0 Å². The van der Waals surface area contributed by atoms with E-state index in [1.54, 1.807) is 0 Å². The number of fused-ring (bicyclic) bond motifs is 24. The summed E-state index contributed by atoms with van der Waals surface area (Å²) in [7, 11) is 0. The molecular weight excluding hydrogens is 1360 g/mol. The lowest BCUT2D eigenvalue weighted by Crippen LogP contribution is -2.12. The van der Waals surface area contributed by atoms with Crippen LogP contribution in [0.1, 0.15) is 0 Å². The van der Waals surface area contributed by atoms with E-state index < -0.39 is 0 Å². The van der Waals surface area contributed by atoms with Crippen LogP contribution in [0.25, 0.3) is 133 Å². The van der Waals surface area contributed by atoms with Gasteiger partial charge in [0.25, 0.3) is 0 Å². The molecule has 0 unspecified atom stereocenters. The van der Waals surface area contributed by atoms with Gasteiger partial charge in [-0.15, -0.1) is 0 Å². The highest BCUT2D eigenvalue weighted by atomic mass is 16.6. The lowest BCUT2D eigenvalue weighted by Gasteiger charge is -2.10. The van der Waals surface area contributed by atoms with E-state index in [2.05, 4.69) is 82.8 Å². The van der Waals surface area contributed by atoms with Gasteiger partial charge in [0.2, 0.25) is 0 Å². The van der Waals surface area contributed by atoms with Crippen molar-refractivity contribution in [2.24, 2.45) is 0 Å². The summed E-state index contributed by atoms with van der Waals surface area (Å²) in [5.41, 5.74) is 4.77. The average molecular weight is 1440 g/mol. The van der Waals surface area contributed by atoms with Gasteiger partial charge < -0.3 is 66.8 Å². The van der Waals surface area contributed by atoms with Gasteiger partial charge >= 0.3 is 0 Å². The normalized spacial score (nSPS) is 11.7. The van der Waals surface area contributed by atoms with Crippen LogP contribution < -0.4 is 37.9 Å². The molecule has 538 valence electrons. The summed E-state index contributed by atoms with van der Waals surface area (Å²) in [5, 5.41) is 12.0. The van der Waals surface area contributed by atoms with Gasteiger partial charge in [-0.05, 0) is 164 Å². The number of nitrogens with zero attached hydrogens (tertiary/aromatic N) is 6. The minimum Gasteiger partial charge on any atom is -0.491 e. The van der Waals surface area contributed by atoms with E-state index in [0.29, 0.717) is 159 Å². The summed E-state index contributed by atoms with van der Waals surface area (Å²) in [5.74, 6) is 7.11. The Morgan fingerprint density at radius 3 is 0.713 bits per heavy atom. The fourth-order valence-electron chi connectivity index (χ4n) is 13.3. The Kier molecular flexibility index (Phi) is 20.5. The quantitative estimate of drug-likeness (QED) is 0.0374. The molecule has 2 aliphatic heterocycles. The molecule has 17 rings (SSSR count). The highest BCUT2D eigenvalue weighted by Crippen LogP contribution is 2.41. The number of rotatable bonds is 32. The van der Waals surface area contributed by atoms with Gasteiger partial charge in [-0.2, -0.15) is 0 Å². The predicted octanol–water partition coefficient (Wildman–Crippen LogP) is 17.4. The fourth-order valence-corrected chi connectivity index (χ4v) is 13.3. The summed E-state index contributed by atoms with van der Waals surface area (Å²) >= 11 is 0. The molecule has 0 amide bonds. The van der Waals surface area contributed by atoms with Crippen molar-refractivity contribution in [3.63, 3.8) is 0 Å². The summed E-state index contributed by atoms with van der Waals surface area (Å²) in [6.07, 6.45) is 0. The third-order valence-corrected chi connectivity index (χ3v) is 18.6. The molecule has 20 nitrogen and oxygen atoms in total. The van der Waals surface area contributed by atoms with Gasteiger partial charge in [0.05, 0.1) is 52.9 Å². The second kappa shape index (κ2) is 32.3. The van der Waals surface area contributed by atoms with E-state index >= 15 is 0 Å². The number of hydrogen-bond acceptors (Lipinski definition) is 18. The van der Waals surface area contributed by atoms with Crippen LogP contribution in [-0.4, -0.2) is 146 Å². The summed E-state index contributed by atoms with van der Waals surface area (Å²) in [6, 6.07) is 80.3. The van der Waals surface area contributed by atoms with Crippen LogP contribution in [0, 0.1) is 0 Å². The third kappa shape index (κ3) is 15.9. The third-order valence-electron chi connectivity index (χ3n) is 18.6. The van der Waals surface area contributed by atoms with Gasteiger partial charge in [0.1, 0.15) is 121 Å². The van der Waals surface area contributed by atoms with Gasteiger partial charge in [-0.3, -0.25) is 0 Å². The van der Waals surface area contributed by atoms with E-state index in [1.165, 1.54) is 0 Å². The molecule has 5 heterocycles. The molecular formula is C88H74N8O12. The van der Waals surface area contributed by atoms with E-state index in [9.17, 15) is 0 Å². The number of aromatic nitrogens is 8. The zero-order valence-corrected chi connectivity index (χ0v) is 59.0. The van der Waals surface area contributed by atoms with Crippen LogP contribution in [0.15, 0.2) is 243 Å². The maximum atomic E-state index is 6.39.